The molecule has 2 aliphatic rings. The zero-order valence-corrected chi connectivity index (χ0v) is 10.4. The molecule has 1 fully saturated rings. The molecule has 17 heavy (non-hydrogen) atoms. The van der Waals surface area contributed by atoms with Crippen molar-refractivity contribution in [2.45, 2.75) is 18.8 Å². The Morgan fingerprint density at radius 2 is 2.00 bits per heavy atom. The summed E-state index contributed by atoms with van der Waals surface area (Å²) < 4.78 is 11.4. The van der Waals surface area contributed by atoms with Gasteiger partial charge in [0.25, 0.3) is 0 Å². The fraction of sp³-hybridized carbons (Fsp3) is 0.538. The van der Waals surface area contributed by atoms with Crippen LogP contribution in [0, 0.1) is 0 Å². The van der Waals surface area contributed by atoms with E-state index in [1.165, 1.54) is 18.4 Å². The van der Waals surface area contributed by atoms with E-state index in [2.05, 4.69) is 11.4 Å². The molecule has 0 amide bonds. The molecule has 0 radical (unpaired) electrons. The van der Waals surface area contributed by atoms with Crippen LogP contribution in [0.1, 0.15) is 24.3 Å². The smallest absolute Gasteiger partial charge is 0.180 e. The van der Waals surface area contributed by atoms with Crippen LogP contribution in [0.3, 0.4) is 0 Å². The van der Waals surface area contributed by atoms with E-state index in [1.807, 2.05) is 6.07 Å². The van der Waals surface area contributed by atoms with Gasteiger partial charge in [-0.15, -0.1) is 0 Å². The lowest BCUT2D eigenvalue weighted by molar-refractivity contribution is 0.168. The third-order valence-electron chi connectivity index (χ3n) is 3.41. The van der Waals surface area contributed by atoms with Gasteiger partial charge in [-0.3, -0.25) is 0 Å². The molecule has 1 N–H and O–H groups in total. The molecule has 0 aromatic heterocycles. The number of benzene rings is 1. The predicted octanol–water partition coefficient (Wildman–Crippen LogP) is 2.58. The second-order valence-electron chi connectivity index (χ2n) is 4.54. The van der Waals surface area contributed by atoms with Gasteiger partial charge in [0.05, 0.1) is 5.02 Å². The van der Waals surface area contributed by atoms with Crippen LogP contribution in [0.5, 0.6) is 11.5 Å². The molecule has 3 rings (SSSR count). The monoisotopic (exact) mass is 253 g/mol. The minimum Gasteiger partial charge on any atom is -0.486 e. The summed E-state index contributed by atoms with van der Waals surface area (Å²) in [6.07, 6.45) is 2.41. The predicted molar refractivity (Wildman–Crippen MR) is 67.3 cm³/mol. The minimum absolute atomic E-state index is 0.511. The summed E-state index contributed by atoms with van der Waals surface area (Å²) in [6, 6.07) is 3.99. The Balaban J connectivity index is 1.98. The van der Waals surface area contributed by atoms with Gasteiger partial charge < -0.3 is 14.8 Å². The lowest BCUT2D eigenvalue weighted by Crippen LogP contribution is -2.29. The summed E-state index contributed by atoms with van der Waals surface area (Å²) in [5, 5.41) is 4.07. The fourth-order valence-electron chi connectivity index (χ4n) is 2.56. The average molecular weight is 254 g/mol. The van der Waals surface area contributed by atoms with Crippen molar-refractivity contribution in [3.05, 3.63) is 22.7 Å². The maximum absolute atomic E-state index is 6.13. The maximum atomic E-state index is 6.13. The Hall–Kier alpha value is -0.930. The van der Waals surface area contributed by atoms with Gasteiger partial charge in [-0.25, -0.2) is 0 Å². The van der Waals surface area contributed by atoms with E-state index in [9.17, 15) is 0 Å². The number of fused-ring (bicyclic) bond motifs is 1. The third-order valence-corrected chi connectivity index (χ3v) is 3.71. The van der Waals surface area contributed by atoms with Crippen LogP contribution < -0.4 is 14.8 Å². The molecule has 1 unspecified atom stereocenters. The molecule has 92 valence electrons. The zero-order chi connectivity index (χ0) is 11.7. The van der Waals surface area contributed by atoms with Gasteiger partial charge >= 0.3 is 0 Å². The molecule has 1 aromatic carbocycles. The zero-order valence-electron chi connectivity index (χ0n) is 9.67. The van der Waals surface area contributed by atoms with E-state index in [1.54, 1.807) is 0 Å². The number of rotatable bonds is 1. The summed E-state index contributed by atoms with van der Waals surface area (Å²) in [5.41, 5.74) is 1.23. The van der Waals surface area contributed by atoms with E-state index in [0.717, 1.165) is 24.6 Å². The van der Waals surface area contributed by atoms with Crippen LogP contribution in [0.25, 0.3) is 0 Å². The summed E-state index contributed by atoms with van der Waals surface area (Å²) in [6.45, 7) is 3.32. The van der Waals surface area contributed by atoms with Crippen molar-refractivity contribution in [1.29, 1.82) is 0 Å². The lowest BCUT2D eigenvalue weighted by atomic mass is 9.90. The molecule has 1 saturated heterocycles. The molecule has 2 heterocycles. The third kappa shape index (κ3) is 2.09. The summed E-state index contributed by atoms with van der Waals surface area (Å²) in [7, 11) is 0. The van der Waals surface area contributed by atoms with Crippen LogP contribution in [0.2, 0.25) is 5.02 Å². The van der Waals surface area contributed by atoms with E-state index < -0.39 is 0 Å². The Bertz CT molecular complexity index is 416. The molecule has 2 aliphatic heterocycles. The van der Waals surface area contributed by atoms with Crippen molar-refractivity contribution in [2.75, 3.05) is 26.3 Å². The lowest BCUT2D eigenvalue weighted by Gasteiger charge is -2.28. The van der Waals surface area contributed by atoms with Gasteiger partial charge in [0.2, 0.25) is 0 Å². The highest BCUT2D eigenvalue weighted by Crippen LogP contribution is 2.43. The molecule has 1 aromatic rings. The van der Waals surface area contributed by atoms with Crippen molar-refractivity contribution in [3.63, 3.8) is 0 Å². The van der Waals surface area contributed by atoms with Crippen molar-refractivity contribution in [2.24, 2.45) is 0 Å². The largest absolute Gasteiger partial charge is 0.486 e. The average Bonchev–Trinajstić information content (AvgIpc) is 2.41. The van der Waals surface area contributed by atoms with Gasteiger partial charge in [-0.1, -0.05) is 17.7 Å². The SMILES string of the molecule is Clc1ccc(C2CCCNC2)c2c1OCCO2. The second-order valence-corrected chi connectivity index (χ2v) is 4.94. The van der Waals surface area contributed by atoms with Gasteiger partial charge in [0.1, 0.15) is 13.2 Å². The molecule has 0 spiro atoms. The normalized spacial score (nSPS) is 23.5. The van der Waals surface area contributed by atoms with Crippen LogP contribution in [-0.2, 0) is 0 Å². The Labute approximate surface area is 106 Å². The Morgan fingerprint density at radius 1 is 1.18 bits per heavy atom. The van der Waals surface area contributed by atoms with E-state index in [-0.39, 0.29) is 0 Å². The quantitative estimate of drug-likeness (QED) is 0.835. The van der Waals surface area contributed by atoms with E-state index >= 15 is 0 Å². The number of nitrogens with one attached hydrogen (secondary N) is 1. The van der Waals surface area contributed by atoms with Gasteiger partial charge in [0, 0.05) is 18.0 Å². The minimum atomic E-state index is 0.511. The Kier molecular flexibility index (Phi) is 3.12. The van der Waals surface area contributed by atoms with Gasteiger partial charge in [0.15, 0.2) is 11.5 Å². The van der Waals surface area contributed by atoms with Gasteiger partial charge in [-0.05, 0) is 25.5 Å². The number of piperidine rings is 1. The van der Waals surface area contributed by atoms with E-state index in [0.29, 0.717) is 24.2 Å². The van der Waals surface area contributed by atoms with Crippen LogP contribution in [0.15, 0.2) is 12.1 Å². The molecule has 0 saturated carbocycles. The van der Waals surface area contributed by atoms with Crippen molar-refractivity contribution >= 4 is 11.6 Å². The molecule has 4 heteroatoms. The molecule has 3 nitrogen and oxygen atoms in total. The number of hydrogen-bond acceptors (Lipinski definition) is 3. The highest BCUT2D eigenvalue weighted by Gasteiger charge is 2.25. The van der Waals surface area contributed by atoms with Crippen molar-refractivity contribution in [1.82, 2.24) is 5.32 Å². The van der Waals surface area contributed by atoms with E-state index in [4.69, 9.17) is 21.1 Å². The molecular formula is C13H16ClNO2. The number of halogens is 1. The first-order valence-corrected chi connectivity index (χ1v) is 6.53. The standard InChI is InChI=1S/C13H16ClNO2/c14-11-4-3-10(9-2-1-5-15-8-9)12-13(11)17-7-6-16-12/h3-4,9,15H,1-2,5-8H2. The van der Waals surface area contributed by atoms with Crippen LogP contribution in [-0.4, -0.2) is 26.3 Å². The first-order valence-electron chi connectivity index (χ1n) is 6.15. The highest BCUT2D eigenvalue weighted by molar-refractivity contribution is 6.32. The van der Waals surface area contributed by atoms with Crippen LogP contribution >= 0.6 is 11.6 Å². The molecular weight excluding hydrogens is 238 g/mol. The molecule has 0 aliphatic carbocycles. The fourth-order valence-corrected chi connectivity index (χ4v) is 2.77. The molecule has 0 bridgehead atoms. The number of ether oxygens (including phenoxy) is 2. The summed E-state index contributed by atoms with van der Waals surface area (Å²) in [4.78, 5) is 0. The summed E-state index contributed by atoms with van der Waals surface area (Å²) >= 11 is 6.13. The first-order chi connectivity index (χ1) is 8.36. The second kappa shape index (κ2) is 4.75. The van der Waals surface area contributed by atoms with Crippen molar-refractivity contribution in [3.8, 4) is 11.5 Å². The topological polar surface area (TPSA) is 30.5 Å². The van der Waals surface area contributed by atoms with Crippen LogP contribution in [0.4, 0.5) is 0 Å². The highest BCUT2D eigenvalue weighted by atomic mass is 35.5. The van der Waals surface area contributed by atoms with Crippen molar-refractivity contribution < 1.29 is 9.47 Å². The Morgan fingerprint density at radius 3 is 2.76 bits per heavy atom. The first kappa shape index (κ1) is 11.2. The van der Waals surface area contributed by atoms with Gasteiger partial charge in [-0.2, -0.15) is 0 Å². The number of hydrogen-bond donors (Lipinski definition) is 1. The molecule has 1 atom stereocenters. The maximum Gasteiger partial charge on any atom is 0.180 e. The summed E-state index contributed by atoms with van der Waals surface area (Å²) in [5.74, 6) is 2.09.